The minimum Gasteiger partial charge on any atom is -0.325 e. The van der Waals surface area contributed by atoms with E-state index in [1.807, 2.05) is 24.3 Å². The molecule has 0 aliphatic heterocycles. The molecule has 0 fully saturated rings. The molecule has 1 N–H and O–H groups in total. The first kappa shape index (κ1) is 14.2. The summed E-state index contributed by atoms with van der Waals surface area (Å²) < 4.78 is 0.930. The Kier molecular flexibility index (Phi) is 6.94. The highest BCUT2D eigenvalue weighted by atomic mass is 79.9. The third kappa shape index (κ3) is 5.87. The molecule has 3 heteroatoms. The molecule has 0 aromatic heterocycles. The molecule has 1 aromatic rings. The van der Waals surface area contributed by atoms with Crippen LogP contribution in [0.1, 0.15) is 45.4 Å². The molecule has 0 heterocycles. The Balaban J connectivity index is 2.23. The van der Waals surface area contributed by atoms with Gasteiger partial charge in [0, 0.05) is 10.9 Å². The van der Waals surface area contributed by atoms with Gasteiger partial charge in [0.1, 0.15) is 0 Å². The number of para-hydroxylation sites is 1. The van der Waals surface area contributed by atoms with Gasteiger partial charge in [0.05, 0.1) is 5.69 Å². The lowest BCUT2D eigenvalue weighted by molar-refractivity contribution is -0.116. The first-order valence-corrected chi connectivity index (χ1v) is 7.07. The molecule has 0 unspecified atom stereocenters. The summed E-state index contributed by atoms with van der Waals surface area (Å²) in [7, 11) is 0. The summed E-state index contributed by atoms with van der Waals surface area (Å²) >= 11 is 3.41. The fraction of sp³-hybridized carbons (Fsp3) is 0.500. The molecule has 0 bridgehead atoms. The number of hydrogen-bond acceptors (Lipinski definition) is 1. The smallest absolute Gasteiger partial charge is 0.224 e. The van der Waals surface area contributed by atoms with Crippen LogP contribution in [0.15, 0.2) is 28.7 Å². The van der Waals surface area contributed by atoms with E-state index in [4.69, 9.17) is 0 Å². The second-order valence-corrected chi connectivity index (χ2v) is 5.05. The maximum Gasteiger partial charge on any atom is 0.224 e. The van der Waals surface area contributed by atoms with Crippen LogP contribution in [-0.4, -0.2) is 5.91 Å². The van der Waals surface area contributed by atoms with Crippen molar-refractivity contribution in [1.82, 2.24) is 0 Å². The predicted molar refractivity (Wildman–Crippen MR) is 76.1 cm³/mol. The SMILES string of the molecule is CCCCCCCC(=O)Nc1ccccc1Br. The topological polar surface area (TPSA) is 29.1 Å². The van der Waals surface area contributed by atoms with E-state index in [2.05, 4.69) is 28.2 Å². The Labute approximate surface area is 112 Å². The average Bonchev–Trinajstić information content (AvgIpc) is 2.32. The number of anilines is 1. The van der Waals surface area contributed by atoms with Gasteiger partial charge in [-0.2, -0.15) is 0 Å². The molecule has 0 saturated carbocycles. The quantitative estimate of drug-likeness (QED) is 0.723. The van der Waals surface area contributed by atoms with Crippen molar-refractivity contribution in [2.24, 2.45) is 0 Å². The molecule has 0 atom stereocenters. The van der Waals surface area contributed by atoms with Crippen molar-refractivity contribution in [2.45, 2.75) is 45.4 Å². The second kappa shape index (κ2) is 8.29. The third-order valence-electron chi connectivity index (χ3n) is 2.66. The van der Waals surface area contributed by atoms with E-state index >= 15 is 0 Å². The van der Waals surface area contributed by atoms with Crippen molar-refractivity contribution < 1.29 is 4.79 Å². The summed E-state index contributed by atoms with van der Waals surface area (Å²) in [6.45, 7) is 2.19. The molecule has 94 valence electrons. The van der Waals surface area contributed by atoms with E-state index in [1.165, 1.54) is 19.3 Å². The van der Waals surface area contributed by atoms with Crippen LogP contribution in [0.4, 0.5) is 5.69 Å². The second-order valence-electron chi connectivity index (χ2n) is 4.19. The Bertz CT molecular complexity index is 352. The Morgan fingerprint density at radius 3 is 2.59 bits per heavy atom. The number of hydrogen-bond donors (Lipinski definition) is 1. The molecule has 0 aliphatic carbocycles. The third-order valence-corrected chi connectivity index (χ3v) is 3.35. The van der Waals surface area contributed by atoms with Crippen molar-refractivity contribution in [3.8, 4) is 0 Å². The van der Waals surface area contributed by atoms with Crippen LogP contribution >= 0.6 is 15.9 Å². The number of unbranched alkanes of at least 4 members (excludes halogenated alkanes) is 4. The molecule has 0 spiro atoms. The van der Waals surface area contributed by atoms with Gasteiger partial charge in [-0.1, -0.05) is 44.7 Å². The minimum absolute atomic E-state index is 0.105. The summed E-state index contributed by atoms with van der Waals surface area (Å²) in [5, 5.41) is 2.92. The predicted octanol–water partition coefficient (Wildman–Crippen LogP) is 4.75. The Morgan fingerprint density at radius 1 is 1.18 bits per heavy atom. The first-order chi connectivity index (χ1) is 8.24. The van der Waals surface area contributed by atoms with E-state index in [1.54, 1.807) is 0 Å². The summed E-state index contributed by atoms with van der Waals surface area (Å²) in [5.41, 5.74) is 0.853. The number of rotatable bonds is 7. The van der Waals surface area contributed by atoms with Crippen LogP contribution in [0.5, 0.6) is 0 Å². The monoisotopic (exact) mass is 297 g/mol. The van der Waals surface area contributed by atoms with Crippen molar-refractivity contribution in [2.75, 3.05) is 5.32 Å². The van der Waals surface area contributed by atoms with Gasteiger partial charge in [-0.25, -0.2) is 0 Å². The summed E-state index contributed by atoms with van der Waals surface area (Å²) in [6, 6.07) is 7.68. The normalized spacial score (nSPS) is 10.2. The molecular weight excluding hydrogens is 278 g/mol. The van der Waals surface area contributed by atoms with Gasteiger partial charge in [-0.15, -0.1) is 0 Å². The van der Waals surface area contributed by atoms with Crippen LogP contribution in [0, 0.1) is 0 Å². The number of halogens is 1. The highest BCUT2D eigenvalue weighted by molar-refractivity contribution is 9.10. The van der Waals surface area contributed by atoms with Crippen LogP contribution in [0.3, 0.4) is 0 Å². The van der Waals surface area contributed by atoms with Gasteiger partial charge >= 0.3 is 0 Å². The highest BCUT2D eigenvalue weighted by Gasteiger charge is 2.04. The van der Waals surface area contributed by atoms with Crippen LogP contribution in [0.2, 0.25) is 0 Å². The molecule has 1 aromatic carbocycles. The molecule has 1 amide bonds. The minimum atomic E-state index is 0.105. The van der Waals surface area contributed by atoms with E-state index in [-0.39, 0.29) is 5.91 Å². The summed E-state index contributed by atoms with van der Waals surface area (Å²) in [5.74, 6) is 0.105. The van der Waals surface area contributed by atoms with Crippen LogP contribution in [0.25, 0.3) is 0 Å². The van der Waals surface area contributed by atoms with E-state index < -0.39 is 0 Å². The Morgan fingerprint density at radius 2 is 1.88 bits per heavy atom. The number of carbonyl (C=O) groups excluding carboxylic acids is 1. The lowest BCUT2D eigenvalue weighted by Gasteiger charge is -2.06. The molecule has 1 rings (SSSR count). The van der Waals surface area contributed by atoms with Gasteiger partial charge < -0.3 is 5.32 Å². The fourth-order valence-corrected chi connectivity index (χ4v) is 2.05. The number of carbonyl (C=O) groups is 1. The van der Waals surface area contributed by atoms with Crippen LogP contribution in [-0.2, 0) is 4.79 Å². The van der Waals surface area contributed by atoms with Gasteiger partial charge in [-0.3, -0.25) is 4.79 Å². The van der Waals surface area contributed by atoms with Crippen molar-refractivity contribution in [1.29, 1.82) is 0 Å². The molecular formula is C14H20BrNO. The van der Waals surface area contributed by atoms with Crippen molar-refractivity contribution in [3.63, 3.8) is 0 Å². The average molecular weight is 298 g/mol. The summed E-state index contributed by atoms with van der Waals surface area (Å²) in [6.07, 6.45) is 6.49. The van der Waals surface area contributed by atoms with E-state index in [0.717, 1.165) is 23.0 Å². The fourth-order valence-electron chi connectivity index (χ4n) is 1.66. The number of amides is 1. The highest BCUT2D eigenvalue weighted by Crippen LogP contribution is 2.21. The van der Waals surface area contributed by atoms with Gasteiger partial charge in [-0.05, 0) is 34.5 Å². The first-order valence-electron chi connectivity index (χ1n) is 6.28. The van der Waals surface area contributed by atoms with E-state index in [0.29, 0.717) is 6.42 Å². The molecule has 0 saturated heterocycles. The zero-order chi connectivity index (χ0) is 12.5. The molecule has 0 radical (unpaired) electrons. The van der Waals surface area contributed by atoms with Crippen molar-refractivity contribution >= 4 is 27.5 Å². The Hall–Kier alpha value is -0.830. The van der Waals surface area contributed by atoms with Crippen LogP contribution < -0.4 is 5.32 Å². The number of nitrogens with one attached hydrogen (secondary N) is 1. The van der Waals surface area contributed by atoms with E-state index in [9.17, 15) is 4.79 Å². The lowest BCUT2D eigenvalue weighted by Crippen LogP contribution is -2.11. The van der Waals surface area contributed by atoms with Gasteiger partial charge in [0.15, 0.2) is 0 Å². The standard InChI is InChI=1S/C14H20BrNO/c1-2-3-4-5-6-11-14(17)16-13-10-8-7-9-12(13)15/h7-10H,2-6,11H2,1H3,(H,16,17). The zero-order valence-corrected chi connectivity index (χ0v) is 11.9. The van der Waals surface area contributed by atoms with Gasteiger partial charge in [0.25, 0.3) is 0 Å². The number of benzene rings is 1. The maximum absolute atomic E-state index is 11.7. The van der Waals surface area contributed by atoms with Gasteiger partial charge in [0.2, 0.25) is 5.91 Å². The largest absolute Gasteiger partial charge is 0.325 e. The lowest BCUT2D eigenvalue weighted by atomic mass is 10.1. The maximum atomic E-state index is 11.7. The molecule has 17 heavy (non-hydrogen) atoms. The zero-order valence-electron chi connectivity index (χ0n) is 10.3. The summed E-state index contributed by atoms with van der Waals surface area (Å²) in [4.78, 5) is 11.7. The molecule has 0 aliphatic rings. The molecule has 2 nitrogen and oxygen atoms in total. The van der Waals surface area contributed by atoms with Crippen molar-refractivity contribution in [3.05, 3.63) is 28.7 Å².